The number of hydrogen-bond acceptors (Lipinski definition) is 4. The minimum atomic E-state index is 0.775. The maximum Gasteiger partial charge on any atom is 0.0557 e. The van der Waals surface area contributed by atoms with E-state index in [4.69, 9.17) is 9.47 Å². The zero-order chi connectivity index (χ0) is 9.36. The Hall–Kier alpha value is 0.620. The van der Waals surface area contributed by atoms with Crippen LogP contribution in [0.4, 0.5) is 0 Å². The Morgan fingerprint density at radius 2 is 2.08 bits per heavy atom. The van der Waals surface area contributed by atoms with Crippen molar-refractivity contribution in [3.05, 3.63) is 0 Å². The second kappa shape index (κ2) is 7.97. The Bertz CT molecular complexity index is 116. The first kappa shape index (κ1) is 11.7. The predicted molar refractivity (Wildman–Crippen MR) is 61.0 cm³/mol. The molecule has 0 aromatic carbocycles. The van der Waals surface area contributed by atoms with Crippen LogP contribution in [-0.2, 0) is 9.47 Å². The summed E-state index contributed by atoms with van der Waals surface area (Å²) in [6.07, 6.45) is 2.41. The number of thioether (sulfide) groups is 1. The second-order valence-electron chi connectivity index (χ2n) is 3.02. The molecule has 0 spiro atoms. The number of hydrogen-bond donors (Lipinski definition) is 1. The molecular weight excluding hydrogens is 204 g/mol. The van der Waals surface area contributed by atoms with Crippen molar-refractivity contribution in [3.8, 4) is 0 Å². The quantitative estimate of drug-likeness (QED) is 0.546. The fourth-order valence-electron chi connectivity index (χ4n) is 1.28. The van der Waals surface area contributed by atoms with Gasteiger partial charge in [-0.15, -0.1) is 0 Å². The van der Waals surface area contributed by atoms with Crippen LogP contribution in [0.3, 0.4) is 0 Å². The zero-order valence-corrected chi connectivity index (χ0v) is 9.62. The first-order valence-electron chi connectivity index (χ1n) is 4.81. The second-order valence-corrected chi connectivity index (χ2v) is 4.87. The van der Waals surface area contributed by atoms with Crippen LogP contribution in [0.15, 0.2) is 0 Å². The lowest BCUT2D eigenvalue weighted by Gasteiger charge is -2.21. The highest BCUT2D eigenvalue weighted by Gasteiger charge is 2.13. The van der Waals surface area contributed by atoms with E-state index < -0.39 is 0 Å². The van der Waals surface area contributed by atoms with E-state index in [1.807, 2.05) is 11.8 Å². The minimum Gasteiger partial charge on any atom is -0.381 e. The fraction of sp³-hybridized carbons (Fsp3) is 1.00. The topological polar surface area (TPSA) is 18.5 Å². The van der Waals surface area contributed by atoms with E-state index in [2.05, 4.69) is 12.6 Å². The average Bonchev–Trinajstić information content (AvgIpc) is 2.19. The molecule has 2 nitrogen and oxygen atoms in total. The molecule has 0 aliphatic carbocycles. The maximum absolute atomic E-state index is 5.35. The highest BCUT2D eigenvalue weighted by atomic mass is 32.2. The maximum atomic E-state index is 5.35. The molecule has 1 saturated heterocycles. The molecule has 13 heavy (non-hydrogen) atoms. The van der Waals surface area contributed by atoms with Crippen LogP contribution in [-0.4, -0.2) is 43.2 Å². The first-order chi connectivity index (χ1) is 6.43. The molecule has 1 fully saturated rings. The number of rotatable bonds is 6. The molecule has 78 valence electrons. The van der Waals surface area contributed by atoms with Crippen LogP contribution < -0.4 is 0 Å². The van der Waals surface area contributed by atoms with Crippen molar-refractivity contribution in [2.75, 3.05) is 37.9 Å². The van der Waals surface area contributed by atoms with E-state index in [1.165, 1.54) is 12.8 Å². The number of thiol groups is 1. The summed E-state index contributed by atoms with van der Waals surface area (Å²) in [6.45, 7) is 3.52. The SMILES string of the molecule is SCCOCCSC1CCOCC1. The van der Waals surface area contributed by atoms with Gasteiger partial charge in [-0.05, 0) is 12.8 Å². The molecule has 0 saturated carbocycles. The largest absolute Gasteiger partial charge is 0.381 e. The summed E-state index contributed by atoms with van der Waals surface area (Å²) < 4.78 is 10.6. The Labute approximate surface area is 90.2 Å². The summed E-state index contributed by atoms with van der Waals surface area (Å²) in [7, 11) is 0. The Morgan fingerprint density at radius 1 is 1.31 bits per heavy atom. The van der Waals surface area contributed by atoms with Crippen molar-refractivity contribution in [2.24, 2.45) is 0 Å². The highest BCUT2D eigenvalue weighted by molar-refractivity contribution is 7.99. The first-order valence-corrected chi connectivity index (χ1v) is 6.49. The molecule has 1 rings (SSSR count). The fourth-order valence-corrected chi connectivity index (χ4v) is 2.49. The summed E-state index contributed by atoms with van der Waals surface area (Å²) >= 11 is 6.09. The summed E-state index contributed by atoms with van der Waals surface area (Å²) in [5, 5.41) is 0.799. The molecule has 0 amide bonds. The van der Waals surface area contributed by atoms with Crippen molar-refractivity contribution < 1.29 is 9.47 Å². The van der Waals surface area contributed by atoms with Crippen LogP contribution in [0, 0.1) is 0 Å². The summed E-state index contributed by atoms with van der Waals surface area (Å²) in [5.41, 5.74) is 0. The van der Waals surface area contributed by atoms with Gasteiger partial charge in [0.1, 0.15) is 0 Å². The molecule has 1 aliphatic heterocycles. The van der Waals surface area contributed by atoms with E-state index in [9.17, 15) is 0 Å². The van der Waals surface area contributed by atoms with Gasteiger partial charge >= 0.3 is 0 Å². The van der Waals surface area contributed by atoms with Crippen molar-refractivity contribution in [3.63, 3.8) is 0 Å². The van der Waals surface area contributed by atoms with Crippen molar-refractivity contribution >= 4 is 24.4 Å². The van der Waals surface area contributed by atoms with Gasteiger partial charge in [0.15, 0.2) is 0 Å². The van der Waals surface area contributed by atoms with Gasteiger partial charge in [-0.1, -0.05) is 0 Å². The molecule has 4 heteroatoms. The molecule has 0 aromatic rings. The van der Waals surface area contributed by atoms with Crippen molar-refractivity contribution in [1.82, 2.24) is 0 Å². The molecule has 1 aliphatic rings. The predicted octanol–water partition coefficient (Wildman–Crippen LogP) is 1.84. The van der Waals surface area contributed by atoms with E-state index in [0.29, 0.717) is 0 Å². The Morgan fingerprint density at radius 3 is 2.77 bits per heavy atom. The molecular formula is C9H18O2S2. The van der Waals surface area contributed by atoms with Gasteiger partial charge in [-0.25, -0.2) is 0 Å². The third-order valence-electron chi connectivity index (χ3n) is 1.99. The molecule has 0 aromatic heterocycles. The summed E-state index contributed by atoms with van der Waals surface area (Å²) in [6, 6.07) is 0. The standard InChI is InChI=1S/C9H18O2S2/c12-7-5-11-6-8-13-9-1-3-10-4-2-9/h9,12H,1-8H2. The van der Waals surface area contributed by atoms with Crippen LogP contribution in [0.25, 0.3) is 0 Å². The summed E-state index contributed by atoms with van der Waals surface area (Å²) in [5.74, 6) is 1.93. The molecule has 0 radical (unpaired) electrons. The van der Waals surface area contributed by atoms with Crippen LogP contribution >= 0.6 is 24.4 Å². The summed E-state index contributed by atoms with van der Waals surface area (Å²) in [4.78, 5) is 0. The van der Waals surface area contributed by atoms with Gasteiger partial charge in [0.2, 0.25) is 0 Å². The third-order valence-corrected chi connectivity index (χ3v) is 3.51. The van der Waals surface area contributed by atoms with Crippen molar-refractivity contribution in [2.45, 2.75) is 18.1 Å². The number of ether oxygens (including phenoxy) is 2. The molecule has 0 unspecified atom stereocenters. The van der Waals surface area contributed by atoms with Crippen LogP contribution in [0.1, 0.15) is 12.8 Å². The Balaban J connectivity index is 1.86. The lowest BCUT2D eigenvalue weighted by molar-refractivity contribution is 0.0998. The van der Waals surface area contributed by atoms with Gasteiger partial charge in [-0.2, -0.15) is 24.4 Å². The van der Waals surface area contributed by atoms with Gasteiger partial charge in [-0.3, -0.25) is 0 Å². The lowest BCUT2D eigenvalue weighted by Crippen LogP contribution is -2.18. The minimum absolute atomic E-state index is 0.775. The van der Waals surface area contributed by atoms with Gasteiger partial charge in [0.25, 0.3) is 0 Å². The molecule has 0 bridgehead atoms. The molecule has 0 atom stereocenters. The van der Waals surface area contributed by atoms with E-state index in [1.54, 1.807) is 0 Å². The van der Waals surface area contributed by atoms with Gasteiger partial charge < -0.3 is 9.47 Å². The van der Waals surface area contributed by atoms with Gasteiger partial charge in [0, 0.05) is 30.0 Å². The smallest absolute Gasteiger partial charge is 0.0557 e. The van der Waals surface area contributed by atoms with Crippen LogP contribution in [0.2, 0.25) is 0 Å². The normalized spacial score (nSPS) is 19.2. The zero-order valence-electron chi connectivity index (χ0n) is 7.91. The van der Waals surface area contributed by atoms with Gasteiger partial charge in [0.05, 0.1) is 13.2 Å². The molecule has 1 heterocycles. The van der Waals surface area contributed by atoms with E-state index in [-0.39, 0.29) is 0 Å². The average molecular weight is 222 g/mol. The molecule has 0 N–H and O–H groups in total. The monoisotopic (exact) mass is 222 g/mol. The third kappa shape index (κ3) is 5.83. The highest BCUT2D eigenvalue weighted by Crippen LogP contribution is 2.21. The lowest BCUT2D eigenvalue weighted by atomic mass is 10.2. The van der Waals surface area contributed by atoms with E-state index >= 15 is 0 Å². The van der Waals surface area contributed by atoms with E-state index in [0.717, 1.165) is 43.2 Å². The Kier molecular flexibility index (Phi) is 7.17. The van der Waals surface area contributed by atoms with Crippen molar-refractivity contribution in [1.29, 1.82) is 0 Å². The van der Waals surface area contributed by atoms with Crippen LogP contribution in [0.5, 0.6) is 0 Å².